The third-order valence-corrected chi connectivity index (χ3v) is 4.46. The van der Waals surface area contributed by atoms with Crippen molar-refractivity contribution >= 4 is 11.7 Å². The molecule has 3 aromatic rings. The van der Waals surface area contributed by atoms with Gasteiger partial charge in [-0.1, -0.05) is 17.7 Å². The van der Waals surface area contributed by atoms with E-state index in [1.165, 1.54) is 0 Å². The summed E-state index contributed by atoms with van der Waals surface area (Å²) in [5.41, 5.74) is 3.66. The molecule has 7 nitrogen and oxygen atoms in total. The van der Waals surface area contributed by atoms with Gasteiger partial charge in [0.05, 0.1) is 0 Å². The lowest BCUT2D eigenvalue weighted by molar-refractivity contribution is 0.0955. The number of carbonyl (C=O) groups is 1. The molecule has 0 fully saturated rings. The van der Waals surface area contributed by atoms with Gasteiger partial charge in [0.1, 0.15) is 11.6 Å². The van der Waals surface area contributed by atoms with Crippen LogP contribution in [0.4, 0.5) is 5.82 Å². The molecule has 0 saturated carbocycles. The summed E-state index contributed by atoms with van der Waals surface area (Å²) in [6.45, 7) is 6.55. The standard InChI is InChI=1S/C21H23N5O2/c1-13-4-6-16(7-5-13)21(28)23-11-10-22-18-9-8-17(12-24-18)19-25-15(3)14(2)20(27)26-19/h4-9,12H,10-11H2,1-3H3,(H,22,24)(H,23,28)(H,25,26,27). The maximum atomic E-state index is 12.1. The van der Waals surface area contributed by atoms with Crippen molar-refractivity contribution < 1.29 is 4.79 Å². The molecule has 0 atom stereocenters. The summed E-state index contributed by atoms with van der Waals surface area (Å²) in [7, 11) is 0. The summed E-state index contributed by atoms with van der Waals surface area (Å²) in [5, 5.41) is 6.02. The largest absolute Gasteiger partial charge is 0.368 e. The second-order valence-corrected chi connectivity index (χ2v) is 6.61. The molecule has 2 heterocycles. The molecular formula is C21H23N5O2. The van der Waals surface area contributed by atoms with Gasteiger partial charge in [0.15, 0.2) is 0 Å². The lowest BCUT2D eigenvalue weighted by Gasteiger charge is -2.09. The first-order valence-electron chi connectivity index (χ1n) is 9.07. The van der Waals surface area contributed by atoms with Crippen LogP contribution in [0.15, 0.2) is 47.4 Å². The van der Waals surface area contributed by atoms with Crippen LogP contribution in [0, 0.1) is 20.8 Å². The van der Waals surface area contributed by atoms with E-state index in [2.05, 4.69) is 25.6 Å². The zero-order valence-electron chi connectivity index (χ0n) is 16.2. The van der Waals surface area contributed by atoms with Crippen LogP contribution in [0.5, 0.6) is 0 Å². The Bertz CT molecular complexity index is 1020. The van der Waals surface area contributed by atoms with Crippen molar-refractivity contribution in [1.29, 1.82) is 0 Å². The molecule has 0 radical (unpaired) electrons. The molecule has 0 unspecified atom stereocenters. The molecular weight excluding hydrogens is 354 g/mol. The zero-order chi connectivity index (χ0) is 20.1. The second-order valence-electron chi connectivity index (χ2n) is 6.61. The second kappa shape index (κ2) is 8.47. The molecule has 0 spiro atoms. The number of nitrogens with zero attached hydrogens (tertiary/aromatic N) is 2. The molecule has 0 aliphatic rings. The number of benzene rings is 1. The summed E-state index contributed by atoms with van der Waals surface area (Å²) in [6, 6.07) is 11.1. The van der Waals surface area contributed by atoms with Crippen LogP contribution >= 0.6 is 0 Å². The van der Waals surface area contributed by atoms with Gasteiger partial charge in [-0.15, -0.1) is 0 Å². The van der Waals surface area contributed by atoms with Gasteiger partial charge in [0.25, 0.3) is 11.5 Å². The van der Waals surface area contributed by atoms with E-state index in [4.69, 9.17) is 0 Å². The van der Waals surface area contributed by atoms with Gasteiger partial charge < -0.3 is 15.6 Å². The third-order valence-electron chi connectivity index (χ3n) is 4.46. The first-order chi connectivity index (χ1) is 13.4. The predicted molar refractivity (Wildman–Crippen MR) is 110 cm³/mol. The zero-order valence-corrected chi connectivity index (χ0v) is 16.2. The fraction of sp³-hybridized carbons (Fsp3) is 0.238. The lowest BCUT2D eigenvalue weighted by atomic mass is 10.1. The molecule has 1 amide bonds. The summed E-state index contributed by atoms with van der Waals surface area (Å²) >= 11 is 0. The highest BCUT2D eigenvalue weighted by atomic mass is 16.1. The number of H-pyrrole nitrogens is 1. The maximum absolute atomic E-state index is 12.1. The van der Waals surface area contributed by atoms with Crippen molar-refractivity contribution in [3.63, 3.8) is 0 Å². The van der Waals surface area contributed by atoms with Gasteiger partial charge >= 0.3 is 0 Å². The van der Waals surface area contributed by atoms with Gasteiger partial charge in [-0.2, -0.15) is 0 Å². The van der Waals surface area contributed by atoms with Crippen LogP contribution in [-0.4, -0.2) is 33.9 Å². The fourth-order valence-electron chi connectivity index (χ4n) is 2.59. The Kier molecular flexibility index (Phi) is 5.84. The van der Waals surface area contributed by atoms with Crippen molar-refractivity contribution in [3.05, 3.63) is 75.3 Å². The van der Waals surface area contributed by atoms with Crippen LogP contribution in [0.1, 0.15) is 27.2 Å². The number of aryl methyl sites for hydroxylation is 2. The minimum atomic E-state index is -0.144. The molecule has 144 valence electrons. The number of aromatic amines is 1. The van der Waals surface area contributed by atoms with Gasteiger partial charge in [-0.05, 0) is 45.0 Å². The van der Waals surface area contributed by atoms with Crippen molar-refractivity contribution in [2.45, 2.75) is 20.8 Å². The van der Waals surface area contributed by atoms with E-state index in [0.29, 0.717) is 41.6 Å². The number of anilines is 1. The highest BCUT2D eigenvalue weighted by molar-refractivity contribution is 5.94. The molecule has 2 aromatic heterocycles. The Morgan fingerprint density at radius 3 is 2.43 bits per heavy atom. The van der Waals surface area contributed by atoms with Crippen molar-refractivity contribution in [2.75, 3.05) is 18.4 Å². The molecule has 0 aliphatic heterocycles. The van der Waals surface area contributed by atoms with Crippen LogP contribution in [0.25, 0.3) is 11.4 Å². The highest BCUT2D eigenvalue weighted by Crippen LogP contribution is 2.15. The number of pyridine rings is 1. The molecule has 7 heteroatoms. The number of amides is 1. The fourth-order valence-corrected chi connectivity index (χ4v) is 2.59. The average Bonchev–Trinajstić information content (AvgIpc) is 2.70. The average molecular weight is 377 g/mol. The van der Waals surface area contributed by atoms with E-state index in [1.54, 1.807) is 13.1 Å². The van der Waals surface area contributed by atoms with E-state index in [-0.39, 0.29) is 11.5 Å². The van der Waals surface area contributed by atoms with E-state index in [0.717, 1.165) is 11.1 Å². The van der Waals surface area contributed by atoms with Gasteiger partial charge in [0.2, 0.25) is 0 Å². The van der Waals surface area contributed by atoms with Crippen LogP contribution in [0.3, 0.4) is 0 Å². The third kappa shape index (κ3) is 4.62. The normalized spacial score (nSPS) is 10.5. The Hall–Kier alpha value is -3.48. The molecule has 1 aromatic carbocycles. The van der Waals surface area contributed by atoms with Crippen LogP contribution in [-0.2, 0) is 0 Å². The smallest absolute Gasteiger partial charge is 0.254 e. The number of aromatic nitrogens is 3. The molecule has 0 saturated heterocycles. The number of carbonyl (C=O) groups excluding carboxylic acids is 1. The molecule has 0 aliphatic carbocycles. The number of rotatable bonds is 6. The monoisotopic (exact) mass is 377 g/mol. The van der Waals surface area contributed by atoms with Crippen molar-refractivity contribution in [1.82, 2.24) is 20.3 Å². The number of hydrogen-bond acceptors (Lipinski definition) is 5. The molecule has 3 N–H and O–H groups in total. The predicted octanol–water partition coefficient (Wildman–Crippen LogP) is 2.60. The van der Waals surface area contributed by atoms with E-state index in [1.807, 2.05) is 50.2 Å². The summed E-state index contributed by atoms with van der Waals surface area (Å²) in [5.74, 6) is 1.08. The quantitative estimate of drug-likeness (QED) is 0.574. The Morgan fingerprint density at radius 1 is 1.04 bits per heavy atom. The van der Waals surface area contributed by atoms with Crippen LogP contribution in [0.2, 0.25) is 0 Å². The van der Waals surface area contributed by atoms with Crippen molar-refractivity contribution in [3.8, 4) is 11.4 Å². The van der Waals surface area contributed by atoms with Gasteiger partial charge in [-0.3, -0.25) is 9.59 Å². The van der Waals surface area contributed by atoms with E-state index >= 15 is 0 Å². The summed E-state index contributed by atoms with van der Waals surface area (Å²) < 4.78 is 0. The first-order valence-corrected chi connectivity index (χ1v) is 9.07. The number of hydrogen-bond donors (Lipinski definition) is 3. The molecule has 3 rings (SSSR count). The minimum Gasteiger partial charge on any atom is -0.368 e. The van der Waals surface area contributed by atoms with E-state index in [9.17, 15) is 9.59 Å². The van der Waals surface area contributed by atoms with Crippen molar-refractivity contribution in [2.24, 2.45) is 0 Å². The SMILES string of the molecule is Cc1ccc(C(=O)NCCNc2ccc(-c3nc(C)c(C)c(=O)[nH]3)cn2)cc1. The highest BCUT2D eigenvalue weighted by Gasteiger charge is 2.07. The Labute approximate surface area is 163 Å². The maximum Gasteiger partial charge on any atom is 0.254 e. The van der Waals surface area contributed by atoms with Gasteiger partial charge in [-0.25, -0.2) is 9.97 Å². The summed E-state index contributed by atoms with van der Waals surface area (Å²) in [6.07, 6.45) is 1.65. The minimum absolute atomic E-state index is 0.102. The summed E-state index contributed by atoms with van der Waals surface area (Å²) in [4.78, 5) is 35.4. The molecule has 0 bridgehead atoms. The Balaban J connectivity index is 1.53. The first kappa shape index (κ1) is 19.3. The van der Waals surface area contributed by atoms with E-state index < -0.39 is 0 Å². The molecule has 28 heavy (non-hydrogen) atoms. The lowest BCUT2D eigenvalue weighted by Crippen LogP contribution is -2.28. The van der Waals surface area contributed by atoms with Gasteiger partial charge in [0, 0.05) is 41.7 Å². The topological polar surface area (TPSA) is 99.8 Å². The number of nitrogens with one attached hydrogen (secondary N) is 3. The van der Waals surface area contributed by atoms with Crippen LogP contribution < -0.4 is 16.2 Å². The Morgan fingerprint density at radius 2 is 1.79 bits per heavy atom.